The van der Waals surface area contributed by atoms with E-state index in [1.807, 2.05) is 42.6 Å². The smallest absolute Gasteiger partial charge is 0.327 e. The van der Waals surface area contributed by atoms with Crippen molar-refractivity contribution < 1.29 is 17.9 Å². The van der Waals surface area contributed by atoms with E-state index in [0.717, 1.165) is 10.4 Å². The van der Waals surface area contributed by atoms with Crippen LogP contribution < -0.4 is 15.2 Å². The zero-order chi connectivity index (χ0) is 22.9. The van der Waals surface area contributed by atoms with Crippen LogP contribution in [0.15, 0.2) is 58.7 Å². The third-order valence-electron chi connectivity index (χ3n) is 5.18. The monoisotopic (exact) mass is 472 g/mol. The molecule has 0 unspecified atom stereocenters. The molecular formula is C23H24N2O5S2. The van der Waals surface area contributed by atoms with Crippen molar-refractivity contribution in [1.82, 2.24) is 9.55 Å². The van der Waals surface area contributed by atoms with E-state index in [0.29, 0.717) is 34.7 Å². The standard InChI is InChI=1S/C23H24N2O5S2/c1-4-30-20-13-15(10-11-19(20)29-2)18(14-32(3,27)28)25-17-8-5-7-16(21-9-6-12-31-21)22(17)24-23(25)26/h5-13,18H,4,14H2,1-3H3,(H,24,26)/t18-/m0/s1. The Bertz CT molecular complexity index is 1400. The summed E-state index contributed by atoms with van der Waals surface area (Å²) in [5, 5.41) is 1.97. The van der Waals surface area contributed by atoms with Gasteiger partial charge in [-0.2, -0.15) is 0 Å². The molecular weight excluding hydrogens is 448 g/mol. The number of hydrogen-bond acceptors (Lipinski definition) is 6. The van der Waals surface area contributed by atoms with Crippen LogP contribution in [0.1, 0.15) is 18.5 Å². The molecule has 2 aromatic carbocycles. The van der Waals surface area contributed by atoms with Gasteiger partial charge >= 0.3 is 5.69 Å². The fourth-order valence-corrected chi connectivity index (χ4v) is 5.54. The summed E-state index contributed by atoms with van der Waals surface area (Å²) < 4.78 is 37.3. The van der Waals surface area contributed by atoms with E-state index in [1.165, 1.54) is 10.8 Å². The summed E-state index contributed by atoms with van der Waals surface area (Å²) in [5.74, 6) is 0.805. The molecule has 0 bridgehead atoms. The number of rotatable bonds is 8. The molecule has 4 rings (SSSR count). The first kappa shape index (κ1) is 22.2. The first-order chi connectivity index (χ1) is 15.3. The first-order valence-corrected chi connectivity index (χ1v) is 13.0. The molecule has 168 valence electrons. The Kier molecular flexibility index (Phi) is 6.12. The van der Waals surface area contributed by atoms with Gasteiger partial charge in [0, 0.05) is 16.7 Å². The number of para-hydroxylation sites is 1. The molecule has 2 aromatic heterocycles. The molecule has 0 aliphatic rings. The Hall–Kier alpha value is -3.04. The van der Waals surface area contributed by atoms with Crippen LogP contribution >= 0.6 is 11.3 Å². The van der Waals surface area contributed by atoms with Gasteiger partial charge in [0.15, 0.2) is 11.5 Å². The van der Waals surface area contributed by atoms with Gasteiger partial charge < -0.3 is 14.5 Å². The minimum atomic E-state index is -3.42. The number of fused-ring (bicyclic) bond motifs is 1. The highest BCUT2D eigenvalue weighted by molar-refractivity contribution is 7.90. The van der Waals surface area contributed by atoms with Crippen molar-refractivity contribution in [2.24, 2.45) is 0 Å². The molecule has 0 radical (unpaired) electrons. The number of aromatic nitrogens is 2. The number of nitrogens with zero attached hydrogens (tertiary/aromatic N) is 1. The third kappa shape index (κ3) is 4.31. The Balaban J connectivity index is 1.94. The van der Waals surface area contributed by atoms with Crippen molar-refractivity contribution in [1.29, 1.82) is 0 Å². The molecule has 0 saturated carbocycles. The van der Waals surface area contributed by atoms with Crippen LogP contribution in [0.4, 0.5) is 0 Å². The van der Waals surface area contributed by atoms with Gasteiger partial charge in [0.05, 0.1) is 36.5 Å². The number of aromatic amines is 1. The van der Waals surface area contributed by atoms with Crippen LogP contribution in [0, 0.1) is 0 Å². The lowest BCUT2D eigenvalue weighted by Gasteiger charge is -2.20. The minimum absolute atomic E-state index is 0.235. The molecule has 0 amide bonds. The predicted molar refractivity (Wildman–Crippen MR) is 128 cm³/mol. The molecule has 0 fully saturated rings. The number of methoxy groups -OCH3 is 1. The number of hydrogen-bond donors (Lipinski definition) is 1. The van der Waals surface area contributed by atoms with Gasteiger partial charge in [0.25, 0.3) is 0 Å². The summed E-state index contributed by atoms with van der Waals surface area (Å²) in [5.41, 5.74) is 2.49. The van der Waals surface area contributed by atoms with E-state index in [9.17, 15) is 13.2 Å². The van der Waals surface area contributed by atoms with Gasteiger partial charge in [-0.05, 0) is 42.1 Å². The SMILES string of the molecule is CCOc1cc([C@H](CS(C)(=O)=O)n2c(=O)[nH]c3c(-c4cccs4)cccc32)ccc1OC. The first-order valence-electron chi connectivity index (χ1n) is 10.1. The van der Waals surface area contributed by atoms with Gasteiger partial charge in [-0.25, -0.2) is 13.2 Å². The fraction of sp³-hybridized carbons (Fsp3) is 0.261. The molecule has 0 saturated heterocycles. The van der Waals surface area contributed by atoms with Gasteiger partial charge in [0.2, 0.25) is 0 Å². The second-order valence-electron chi connectivity index (χ2n) is 7.43. The van der Waals surface area contributed by atoms with Gasteiger partial charge in [-0.3, -0.25) is 4.57 Å². The topological polar surface area (TPSA) is 90.4 Å². The maximum absolute atomic E-state index is 13.2. The average Bonchev–Trinajstić information content (AvgIpc) is 3.39. The zero-order valence-electron chi connectivity index (χ0n) is 18.0. The number of ether oxygens (including phenoxy) is 2. The zero-order valence-corrected chi connectivity index (χ0v) is 19.6. The van der Waals surface area contributed by atoms with E-state index < -0.39 is 15.9 Å². The molecule has 1 atom stereocenters. The van der Waals surface area contributed by atoms with Crippen molar-refractivity contribution in [3.8, 4) is 21.9 Å². The Morgan fingerprint density at radius 2 is 1.94 bits per heavy atom. The summed E-state index contributed by atoms with van der Waals surface area (Å²) in [4.78, 5) is 17.1. The van der Waals surface area contributed by atoms with Gasteiger partial charge in [-0.15, -0.1) is 11.3 Å². The minimum Gasteiger partial charge on any atom is -0.493 e. The van der Waals surface area contributed by atoms with Crippen LogP contribution in [0.2, 0.25) is 0 Å². The molecule has 7 nitrogen and oxygen atoms in total. The maximum Gasteiger partial charge on any atom is 0.327 e. The van der Waals surface area contributed by atoms with Crippen LogP contribution in [0.5, 0.6) is 11.5 Å². The number of sulfone groups is 1. The van der Waals surface area contributed by atoms with Crippen LogP contribution in [-0.4, -0.2) is 43.7 Å². The van der Waals surface area contributed by atoms with E-state index in [-0.39, 0.29) is 11.4 Å². The summed E-state index contributed by atoms with van der Waals surface area (Å²) in [7, 11) is -1.88. The van der Waals surface area contributed by atoms with Gasteiger partial charge in [-0.1, -0.05) is 24.3 Å². The van der Waals surface area contributed by atoms with Crippen molar-refractivity contribution in [3.05, 3.63) is 70.0 Å². The Morgan fingerprint density at radius 1 is 1.12 bits per heavy atom. The van der Waals surface area contributed by atoms with Crippen molar-refractivity contribution >= 4 is 32.2 Å². The largest absolute Gasteiger partial charge is 0.493 e. The van der Waals surface area contributed by atoms with Crippen molar-refractivity contribution in [3.63, 3.8) is 0 Å². The number of nitrogens with one attached hydrogen (secondary N) is 1. The van der Waals surface area contributed by atoms with Crippen molar-refractivity contribution in [2.45, 2.75) is 13.0 Å². The molecule has 0 spiro atoms. The quantitative estimate of drug-likeness (QED) is 0.417. The molecule has 0 aliphatic heterocycles. The van der Waals surface area contributed by atoms with E-state index >= 15 is 0 Å². The number of H-pyrrole nitrogens is 1. The highest BCUT2D eigenvalue weighted by Crippen LogP contribution is 2.35. The Labute approximate surface area is 190 Å². The van der Waals surface area contributed by atoms with E-state index in [1.54, 1.807) is 36.6 Å². The molecule has 0 aliphatic carbocycles. The average molecular weight is 473 g/mol. The van der Waals surface area contributed by atoms with Crippen LogP contribution in [0.25, 0.3) is 21.5 Å². The second kappa shape index (κ2) is 8.84. The van der Waals surface area contributed by atoms with Gasteiger partial charge in [0.1, 0.15) is 9.84 Å². The maximum atomic E-state index is 13.2. The Morgan fingerprint density at radius 3 is 2.59 bits per heavy atom. The summed E-state index contributed by atoms with van der Waals surface area (Å²) in [6.07, 6.45) is 1.17. The lowest BCUT2D eigenvalue weighted by atomic mass is 10.1. The van der Waals surface area contributed by atoms with E-state index in [2.05, 4.69) is 4.98 Å². The molecule has 32 heavy (non-hydrogen) atoms. The highest BCUT2D eigenvalue weighted by Gasteiger charge is 2.25. The summed E-state index contributed by atoms with van der Waals surface area (Å²) in [6, 6.07) is 14.1. The third-order valence-corrected chi connectivity index (χ3v) is 7.01. The molecule has 9 heteroatoms. The molecule has 2 heterocycles. The predicted octanol–water partition coefficient (Wildman–Crippen LogP) is 4.10. The lowest BCUT2D eigenvalue weighted by Crippen LogP contribution is -2.28. The lowest BCUT2D eigenvalue weighted by molar-refractivity contribution is 0.310. The number of thiophene rings is 1. The van der Waals surface area contributed by atoms with Crippen LogP contribution in [0.3, 0.4) is 0 Å². The second-order valence-corrected chi connectivity index (χ2v) is 10.6. The number of benzene rings is 2. The van der Waals surface area contributed by atoms with Crippen molar-refractivity contribution in [2.75, 3.05) is 25.7 Å². The summed E-state index contributed by atoms with van der Waals surface area (Å²) >= 11 is 1.57. The molecule has 4 aromatic rings. The fourth-order valence-electron chi connectivity index (χ4n) is 3.87. The normalized spacial score (nSPS) is 12.7. The van der Waals surface area contributed by atoms with E-state index in [4.69, 9.17) is 9.47 Å². The number of imidazole rings is 1. The molecule has 1 N–H and O–H groups in total. The highest BCUT2D eigenvalue weighted by atomic mass is 32.2. The summed E-state index contributed by atoms with van der Waals surface area (Å²) in [6.45, 7) is 2.28. The van der Waals surface area contributed by atoms with Crippen LogP contribution in [-0.2, 0) is 9.84 Å².